The molecule has 1 amide bonds. The number of benzene rings is 2. The zero-order chi connectivity index (χ0) is 18.8. The molecule has 26 heavy (non-hydrogen) atoms. The number of nitrogens with zero attached hydrogens (tertiary/aromatic N) is 1. The van der Waals surface area contributed by atoms with Gasteiger partial charge in [0.05, 0.1) is 16.6 Å². The van der Waals surface area contributed by atoms with Gasteiger partial charge in [-0.2, -0.15) is 0 Å². The van der Waals surface area contributed by atoms with Gasteiger partial charge in [0.25, 0.3) is 5.91 Å². The number of aromatic carboxylic acids is 1. The number of rotatable bonds is 4. The van der Waals surface area contributed by atoms with E-state index in [-0.39, 0.29) is 23.2 Å². The van der Waals surface area contributed by atoms with Gasteiger partial charge in [-0.15, -0.1) is 0 Å². The smallest absolute Gasteiger partial charge is 0.335 e. The topological polar surface area (TPSA) is 106 Å². The van der Waals surface area contributed by atoms with Crippen LogP contribution in [0.25, 0.3) is 11.0 Å². The monoisotopic (exact) mass is 478 g/mol. The Morgan fingerprint density at radius 1 is 1.12 bits per heavy atom. The van der Waals surface area contributed by atoms with Crippen molar-refractivity contribution in [2.75, 3.05) is 0 Å². The fourth-order valence-electron chi connectivity index (χ4n) is 2.37. The van der Waals surface area contributed by atoms with Crippen LogP contribution in [0.1, 0.15) is 26.3 Å². The standard InChI is InChI=1S/C18H12Br2N2O4/c19-12-5-11-6-13(16(21)23)17(26-15(11)14(20)7-12)22-8-9-1-3-10(4-2-9)18(24)25/h1-7H,8H2,(H2,21,23)(H,24,25). The van der Waals surface area contributed by atoms with Crippen molar-refractivity contribution in [3.05, 3.63) is 73.7 Å². The number of carbonyl (C=O) groups excluding carboxylic acids is 1. The lowest BCUT2D eigenvalue weighted by atomic mass is 10.1. The van der Waals surface area contributed by atoms with Crippen LogP contribution in [0.15, 0.2) is 60.8 Å². The van der Waals surface area contributed by atoms with Crippen LogP contribution in [0.4, 0.5) is 0 Å². The lowest BCUT2D eigenvalue weighted by Crippen LogP contribution is -2.22. The molecule has 0 aliphatic rings. The minimum absolute atomic E-state index is 0.121. The van der Waals surface area contributed by atoms with Crippen LogP contribution in [0.5, 0.6) is 0 Å². The highest BCUT2D eigenvalue weighted by molar-refractivity contribution is 9.11. The van der Waals surface area contributed by atoms with Gasteiger partial charge in [0.2, 0.25) is 5.55 Å². The lowest BCUT2D eigenvalue weighted by Gasteiger charge is -2.05. The van der Waals surface area contributed by atoms with E-state index in [1.807, 2.05) is 12.1 Å². The average molecular weight is 480 g/mol. The van der Waals surface area contributed by atoms with Crippen molar-refractivity contribution in [1.82, 2.24) is 0 Å². The van der Waals surface area contributed by atoms with Crippen LogP contribution < -0.4 is 11.3 Å². The third-order valence-corrected chi connectivity index (χ3v) is 4.68. The maximum absolute atomic E-state index is 11.8. The summed E-state index contributed by atoms with van der Waals surface area (Å²) < 4.78 is 7.33. The van der Waals surface area contributed by atoms with E-state index >= 15 is 0 Å². The number of hydrogen-bond acceptors (Lipinski definition) is 4. The first-order valence-electron chi connectivity index (χ1n) is 7.40. The van der Waals surface area contributed by atoms with Gasteiger partial charge in [0.15, 0.2) is 5.58 Å². The summed E-state index contributed by atoms with van der Waals surface area (Å²) in [5, 5.41) is 9.63. The minimum Gasteiger partial charge on any atom is -0.478 e. The molecule has 3 N–H and O–H groups in total. The Labute approximate surface area is 164 Å². The summed E-state index contributed by atoms with van der Waals surface area (Å²) >= 11 is 6.81. The SMILES string of the molecule is NC(=O)c1cc2cc(Br)cc(Br)c2oc1=NCc1ccc(C(=O)O)cc1. The molecule has 3 aromatic rings. The number of amides is 1. The molecule has 0 atom stereocenters. The molecule has 0 saturated carbocycles. The highest BCUT2D eigenvalue weighted by Crippen LogP contribution is 2.28. The summed E-state index contributed by atoms with van der Waals surface area (Å²) in [6, 6.07) is 11.6. The first-order valence-corrected chi connectivity index (χ1v) is 8.99. The van der Waals surface area contributed by atoms with Crippen molar-refractivity contribution in [2.45, 2.75) is 6.54 Å². The third kappa shape index (κ3) is 3.86. The molecule has 0 aliphatic heterocycles. The number of carbonyl (C=O) groups is 2. The third-order valence-electron chi connectivity index (χ3n) is 3.64. The summed E-state index contributed by atoms with van der Waals surface area (Å²) in [5.41, 5.74) is 7.25. The van der Waals surface area contributed by atoms with Crippen molar-refractivity contribution in [3.63, 3.8) is 0 Å². The molecule has 0 spiro atoms. The van der Waals surface area contributed by atoms with Crippen molar-refractivity contribution >= 4 is 54.7 Å². The van der Waals surface area contributed by atoms with Crippen LogP contribution in [0.3, 0.4) is 0 Å². The molecule has 0 aliphatic carbocycles. The Morgan fingerprint density at radius 2 is 1.81 bits per heavy atom. The predicted octanol–water partition coefficient (Wildman–Crippen LogP) is 3.86. The number of fused-ring (bicyclic) bond motifs is 1. The molecular formula is C18H12Br2N2O4. The van der Waals surface area contributed by atoms with Crippen molar-refractivity contribution in [3.8, 4) is 0 Å². The number of carboxylic acid groups (broad SMARTS) is 1. The van der Waals surface area contributed by atoms with Gasteiger partial charge in [-0.1, -0.05) is 28.1 Å². The molecule has 2 aromatic carbocycles. The van der Waals surface area contributed by atoms with Crippen LogP contribution in [0.2, 0.25) is 0 Å². The Morgan fingerprint density at radius 3 is 2.42 bits per heavy atom. The van der Waals surface area contributed by atoms with Gasteiger partial charge in [-0.25, -0.2) is 9.79 Å². The summed E-state index contributed by atoms with van der Waals surface area (Å²) in [7, 11) is 0. The molecule has 0 unspecified atom stereocenters. The van der Waals surface area contributed by atoms with E-state index in [1.54, 1.807) is 18.2 Å². The zero-order valence-corrected chi connectivity index (χ0v) is 16.4. The van der Waals surface area contributed by atoms with Gasteiger partial charge in [0, 0.05) is 9.86 Å². The second-order valence-corrected chi connectivity index (χ2v) is 7.22. The van der Waals surface area contributed by atoms with Gasteiger partial charge in [0.1, 0.15) is 5.56 Å². The van der Waals surface area contributed by atoms with E-state index in [2.05, 4.69) is 36.9 Å². The second-order valence-electron chi connectivity index (χ2n) is 5.45. The molecule has 0 radical (unpaired) electrons. The molecule has 0 fully saturated rings. The normalized spacial score (nSPS) is 11.7. The number of hydrogen-bond donors (Lipinski definition) is 2. The molecular weight excluding hydrogens is 468 g/mol. The van der Waals surface area contributed by atoms with Crippen LogP contribution >= 0.6 is 31.9 Å². The maximum atomic E-state index is 11.8. The van der Waals surface area contributed by atoms with E-state index in [1.165, 1.54) is 12.1 Å². The Hall–Kier alpha value is -2.45. The Kier molecular flexibility index (Phi) is 5.24. The molecule has 0 bridgehead atoms. The van der Waals surface area contributed by atoms with E-state index < -0.39 is 11.9 Å². The van der Waals surface area contributed by atoms with Crippen LogP contribution in [-0.2, 0) is 6.54 Å². The molecule has 1 heterocycles. The van der Waals surface area contributed by atoms with Gasteiger partial charge in [-0.3, -0.25) is 4.79 Å². The highest BCUT2D eigenvalue weighted by atomic mass is 79.9. The van der Waals surface area contributed by atoms with Crippen molar-refractivity contribution < 1.29 is 19.1 Å². The second kappa shape index (κ2) is 7.43. The van der Waals surface area contributed by atoms with Crippen LogP contribution in [-0.4, -0.2) is 17.0 Å². The average Bonchev–Trinajstić information content (AvgIpc) is 2.59. The largest absolute Gasteiger partial charge is 0.478 e. The molecule has 0 saturated heterocycles. The fourth-order valence-corrected chi connectivity index (χ4v) is 3.71. The first-order chi connectivity index (χ1) is 12.3. The van der Waals surface area contributed by atoms with E-state index in [0.717, 1.165) is 10.0 Å². The summed E-state index contributed by atoms with van der Waals surface area (Å²) in [5.74, 6) is -1.64. The zero-order valence-electron chi connectivity index (χ0n) is 13.2. The summed E-state index contributed by atoms with van der Waals surface area (Å²) in [6.45, 7) is 0.212. The molecule has 6 nitrogen and oxygen atoms in total. The molecule has 8 heteroatoms. The van der Waals surface area contributed by atoms with Gasteiger partial charge in [-0.05, 0) is 51.8 Å². The number of primary amides is 1. The lowest BCUT2D eigenvalue weighted by molar-refractivity contribution is 0.0696. The quantitative estimate of drug-likeness (QED) is 0.592. The Balaban J connectivity index is 2.07. The van der Waals surface area contributed by atoms with Gasteiger partial charge < -0.3 is 15.3 Å². The summed E-state index contributed by atoms with van der Waals surface area (Å²) in [6.07, 6.45) is 0. The number of nitrogens with two attached hydrogens (primary N) is 1. The van der Waals surface area contributed by atoms with Crippen molar-refractivity contribution in [1.29, 1.82) is 0 Å². The molecule has 132 valence electrons. The van der Waals surface area contributed by atoms with Crippen LogP contribution in [0, 0.1) is 0 Å². The Bertz CT molecular complexity index is 1090. The predicted molar refractivity (Wildman–Crippen MR) is 103 cm³/mol. The first kappa shape index (κ1) is 18.3. The van der Waals surface area contributed by atoms with E-state index in [0.29, 0.717) is 15.4 Å². The maximum Gasteiger partial charge on any atom is 0.335 e. The van der Waals surface area contributed by atoms with Crippen molar-refractivity contribution in [2.24, 2.45) is 10.7 Å². The molecule has 3 rings (SSSR count). The van der Waals surface area contributed by atoms with E-state index in [4.69, 9.17) is 15.3 Å². The highest BCUT2D eigenvalue weighted by Gasteiger charge is 2.12. The minimum atomic E-state index is -0.995. The van der Waals surface area contributed by atoms with E-state index in [9.17, 15) is 9.59 Å². The van der Waals surface area contributed by atoms with Gasteiger partial charge >= 0.3 is 5.97 Å². The molecule has 1 aromatic heterocycles. The number of carboxylic acids is 1. The summed E-state index contributed by atoms with van der Waals surface area (Å²) in [4.78, 5) is 27.0. The number of halogens is 2. The fraction of sp³-hybridized carbons (Fsp3) is 0.0556.